The van der Waals surface area contributed by atoms with Crippen LogP contribution in [0.4, 0.5) is 0 Å². The molecule has 0 bridgehead atoms. The van der Waals surface area contributed by atoms with Crippen molar-refractivity contribution < 1.29 is 5.11 Å². The van der Waals surface area contributed by atoms with E-state index in [1.807, 2.05) is 0 Å². The largest absolute Gasteiger partial charge is 0.393 e. The molecule has 0 aromatic carbocycles. The topological polar surface area (TPSA) is 20.2 Å². The first kappa shape index (κ1) is 20.7. The van der Waals surface area contributed by atoms with Crippen LogP contribution in [0.3, 0.4) is 0 Å². The molecule has 4 aliphatic rings. The first-order valence-electron chi connectivity index (χ1n) is 12.3. The molecule has 0 aromatic rings. The Morgan fingerprint density at radius 3 is 2.68 bits per heavy atom. The predicted octanol–water partition coefficient (Wildman–Crippen LogP) is 7.31. The van der Waals surface area contributed by atoms with Crippen LogP contribution in [0.5, 0.6) is 0 Å². The molecule has 3 saturated carbocycles. The maximum atomic E-state index is 10.2. The van der Waals surface area contributed by atoms with E-state index in [2.05, 4.69) is 46.8 Å². The van der Waals surface area contributed by atoms with Gasteiger partial charge in [0.05, 0.1) is 6.10 Å². The van der Waals surface area contributed by atoms with Gasteiger partial charge in [-0.2, -0.15) is 0 Å². The highest BCUT2D eigenvalue weighted by atomic mass is 16.3. The minimum absolute atomic E-state index is 0.0813. The molecule has 158 valence electrons. The molecule has 0 aromatic heterocycles. The highest BCUT2D eigenvalue weighted by molar-refractivity contribution is 5.25. The van der Waals surface area contributed by atoms with Gasteiger partial charge in [0.15, 0.2) is 0 Å². The molecule has 4 aliphatic carbocycles. The smallest absolute Gasteiger partial charge is 0.0577 e. The second-order valence-electron chi connectivity index (χ2n) is 11.7. The Labute approximate surface area is 174 Å². The van der Waals surface area contributed by atoms with E-state index in [1.54, 1.807) is 5.57 Å². The van der Waals surface area contributed by atoms with Crippen molar-refractivity contribution in [3.63, 3.8) is 0 Å². The molecule has 0 radical (unpaired) electrons. The lowest BCUT2D eigenvalue weighted by Gasteiger charge is -2.58. The molecule has 4 rings (SSSR count). The van der Waals surface area contributed by atoms with Crippen LogP contribution in [0.25, 0.3) is 0 Å². The Morgan fingerprint density at radius 1 is 1.14 bits per heavy atom. The molecule has 1 heteroatoms. The van der Waals surface area contributed by atoms with Gasteiger partial charge in [0.25, 0.3) is 0 Å². The van der Waals surface area contributed by atoms with Crippen LogP contribution in [0.15, 0.2) is 23.3 Å². The van der Waals surface area contributed by atoms with Crippen LogP contribution < -0.4 is 0 Å². The van der Waals surface area contributed by atoms with E-state index < -0.39 is 0 Å². The Morgan fingerprint density at radius 2 is 1.93 bits per heavy atom. The zero-order valence-corrected chi connectivity index (χ0v) is 19.1. The van der Waals surface area contributed by atoms with Gasteiger partial charge in [-0.25, -0.2) is 0 Å². The van der Waals surface area contributed by atoms with Crippen LogP contribution >= 0.6 is 0 Å². The van der Waals surface area contributed by atoms with Crippen LogP contribution in [0, 0.1) is 40.4 Å². The summed E-state index contributed by atoms with van der Waals surface area (Å²) in [6, 6.07) is 0. The molecule has 1 nitrogen and oxygen atoms in total. The van der Waals surface area contributed by atoms with Crippen molar-refractivity contribution in [1.29, 1.82) is 0 Å². The third-order valence-electron chi connectivity index (χ3n) is 10.0. The molecular weight excluding hydrogens is 340 g/mol. The van der Waals surface area contributed by atoms with Crippen molar-refractivity contribution in [2.24, 2.45) is 40.4 Å². The molecular formula is C27H44O. The SMILES string of the molecule is CC(C)=CCCC(C)[C@H]1CC[C@H]2[C@@H]3CC=C4C[C@@H](O)CC[C@]4(C)[C@H]3CC[C@]12C. The normalized spacial score (nSPS) is 46.1. The molecule has 1 N–H and O–H groups in total. The van der Waals surface area contributed by atoms with Crippen molar-refractivity contribution in [3.05, 3.63) is 23.3 Å². The van der Waals surface area contributed by atoms with Gasteiger partial charge in [-0.05, 0) is 118 Å². The Balaban J connectivity index is 1.51. The fourth-order valence-corrected chi connectivity index (χ4v) is 8.45. The van der Waals surface area contributed by atoms with Gasteiger partial charge in [-0.1, -0.05) is 44.1 Å². The summed E-state index contributed by atoms with van der Waals surface area (Å²) in [5, 5.41) is 10.2. The van der Waals surface area contributed by atoms with Gasteiger partial charge in [-0.3, -0.25) is 0 Å². The summed E-state index contributed by atoms with van der Waals surface area (Å²) in [4.78, 5) is 0. The number of hydrogen-bond acceptors (Lipinski definition) is 1. The lowest BCUT2D eigenvalue weighted by atomic mass is 9.47. The monoisotopic (exact) mass is 384 g/mol. The number of allylic oxidation sites excluding steroid dienone is 3. The van der Waals surface area contributed by atoms with Crippen LogP contribution in [0.2, 0.25) is 0 Å². The number of hydrogen-bond donors (Lipinski definition) is 1. The van der Waals surface area contributed by atoms with E-state index in [1.165, 1.54) is 56.9 Å². The average molecular weight is 385 g/mol. The summed E-state index contributed by atoms with van der Waals surface area (Å²) in [7, 11) is 0. The van der Waals surface area contributed by atoms with E-state index >= 15 is 0 Å². The van der Waals surface area contributed by atoms with Crippen LogP contribution in [0.1, 0.15) is 98.8 Å². The molecule has 3 fully saturated rings. The minimum atomic E-state index is -0.0813. The zero-order chi connectivity index (χ0) is 20.1. The summed E-state index contributed by atoms with van der Waals surface area (Å²) < 4.78 is 0. The number of aliphatic hydroxyl groups is 1. The van der Waals surface area contributed by atoms with E-state index in [0.29, 0.717) is 10.8 Å². The quantitative estimate of drug-likeness (QED) is 0.504. The third kappa shape index (κ3) is 3.34. The summed E-state index contributed by atoms with van der Waals surface area (Å²) in [6.45, 7) is 12.2. The first-order chi connectivity index (χ1) is 13.3. The third-order valence-corrected chi connectivity index (χ3v) is 10.0. The maximum Gasteiger partial charge on any atom is 0.0577 e. The van der Waals surface area contributed by atoms with Crippen molar-refractivity contribution in [2.45, 2.75) is 105 Å². The number of fused-ring (bicyclic) bond motifs is 5. The molecule has 28 heavy (non-hydrogen) atoms. The Kier molecular flexibility index (Phi) is 5.62. The molecule has 0 amide bonds. The van der Waals surface area contributed by atoms with E-state index in [9.17, 15) is 5.11 Å². The van der Waals surface area contributed by atoms with Crippen LogP contribution in [-0.2, 0) is 0 Å². The molecule has 0 spiro atoms. The summed E-state index contributed by atoms with van der Waals surface area (Å²) in [5.74, 6) is 4.49. The van der Waals surface area contributed by atoms with E-state index in [4.69, 9.17) is 0 Å². The Hall–Kier alpha value is -0.560. The van der Waals surface area contributed by atoms with Gasteiger partial charge in [0, 0.05) is 0 Å². The van der Waals surface area contributed by atoms with Crippen molar-refractivity contribution in [1.82, 2.24) is 0 Å². The summed E-state index contributed by atoms with van der Waals surface area (Å²) in [5.41, 5.74) is 4.04. The first-order valence-corrected chi connectivity index (χ1v) is 12.3. The Bertz CT molecular complexity index is 641. The molecule has 0 aliphatic heterocycles. The molecule has 0 saturated heterocycles. The standard InChI is InChI=1S/C27H44O/c1-18(2)7-6-8-19(3)23-11-12-24-22-10-9-20-17-21(28)13-15-26(20,4)25(22)14-16-27(23,24)5/h7,9,19,21-25,28H,6,8,10-17H2,1-5H3/t19?,21-,22-,23+,24-,25-,26-,27+/m0/s1. The maximum absolute atomic E-state index is 10.2. The minimum Gasteiger partial charge on any atom is -0.393 e. The summed E-state index contributed by atoms with van der Waals surface area (Å²) in [6.07, 6.45) is 17.9. The van der Waals surface area contributed by atoms with Gasteiger partial charge < -0.3 is 5.11 Å². The lowest BCUT2D eigenvalue weighted by Crippen LogP contribution is -2.50. The fourth-order valence-electron chi connectivity index (χ4n) is 8.45. The second kappa shape index (κ2) is 7.60. The zero-order valence-electron chi connectivity index (χ0n) is 19.1. The van der Waals surface area contributed by atoms with Crippen molar-refractivity contribution in [2.75, 3.05) is 0 Å². The second-order valence-corrected chi connectivity index (χ2v) is 11.7. The van der Waals surface area contributed by atoms with Gasteiger partial charge >= 0.3 is 0 Å². The average Bonchev–Trinajstić information content (AvgIpc) is 2.99. The van der Waals surface area contributed by atoms with E-state index in [0.717, 1.165) is 42.4 Å². The highest BCUT2D eigenvalue weighted by Gasteiger charge is 2.58. The van der Waals surface area contributed by atoms with Gasteiger partial charge in [-0.15, -0.1) is 0 Å². The fraction of sp³-hybridized carbons (Fsp3) is 0.852. The van der Waals surface area contributed by atoms with Crippen LogP contribution in [-0.4, -0.2) is 11.2 Å². The van der Waals surface area contributed by atoms with E-state index in [-0.39, 0.29) is 6.10 Å². The lowest BCUT2D eigenvalue weighted by molar-refractivity contribution is -0.0571. The molecule has 0 heterocycles. The number of aliphatic hydroxyl groups excluding tert-OH is 1. The van der Waals surface area contributed by atoms with Gasteiger partial charge in [0.2, 0.25) is 0 Å². The van der Waals surface area contributed by atoms with Crippen molar-refractivity contribution in [3.8, 4) is 0 Å². The van der Waals surface area contributed by atoms with Crippen molar-refractivity contribution >= 4 is 0 Å². The molecule has 1 unspecified atom stereocenters. The summed E-state index contributed by atoms with van der Waals surface area (Å²) >= 11 is 0. The van der Waals surface area contributed by atoms with Gasteiger partial charge in [0.1, 0.15) is 0 Å². The predicted molar refractivity (Wildman–Crippen MR) is 119 cm³/mol. The highest BCUT2D eigenvalue weighted by Crippen LogP contribution is 2.67. The number of rotatable bonds is 4. The molecule has 8 atom stereocenters.